The van der Waals surface area contributed by atoms with E-state index in [1.165, 1.54) is 45.6 Å². The van der Waals surface area contributed by atoms with Crippen LogP contribution in [0.1, 0.15) is 40.5 Å². The lowest BCUT2D eigenvalue weighted by molar-refractivity contribution is 0.0925. The summed E-state index contributed by atoms with van der Waals surface area (Å²) in [5, 5.41) is 3.57. The van der Waals surface area contributed by atoms with Gasteiger partial charge >= 0.3 is 0 Å². The number of hydrogen-bond acceptors (Lipinski definition) is 3. The summed E-state index contributed by atoms with van der Waals surface area (Å²) in [6, 6.07) is 1.33. The van der Waals surface area contributed by atoms with Crippen molar-refractivity contribution in [2.24, 2.45) is 0 Å². The van der Waals surface area contributed by atoms with Crippen molar-refractivity contribution in [3.05, 3.63) is 0 Å². The van der Waals surface area contributed by atoms with Crippen LogP contribution < -0.4 is 5.32 Å². The highest BCUT2D eigenvalue weighted by molar-refractivity contribution is 4.79. The minimum Gasteiger partial charge on any atom is -0.313 e. The van der Waals surface area contributed by atoms with E-state index >= 15 is 0 Å². The van der Waals surface area contributed by atoms with Gasteiger partial charge in [-0.25, -0.2) is 0 Å². The maximum atomic E-state index is 3.57. The molecule has 0 saturated carbocycles. The molecule has 1 aliphatic heterocycles. The molecule has 1 N–H and O–H groups in total. The number of piperazine rings is 1. The van der Waals surface area contributed by atoms with E-state index in [0.717, 1.165) is 12.6 Å². The Hall–Kier alpha value is -0.120. The molecule has 0 aliphatic carbocycles. The Morgan fingerprint density at radius 2 is 1.71 bits per heavy atom. The van der Waals surface area contributed by atoms with E-state index in [9.17, 15) is 0 Å². The van der Waals surface area contributed by atoms with Crippen LogP contribution in [0.25, 0.3) is 0 Å². The molecule has 1 fully saturated rings. The van der Waals surface area contributed by atoms with Crippen LogP contribution >= 0.6 is 0 Å². The van der Waals surface area contributed by atoms with Crippen molar-refractivity contribution in [3.8, 4) is 0 Å². The predicted molar refractivity (Wildman–Crippen MR) is 75.5 cm³/mol. The predicted octanol–water partition coefficient (Wildman–Crippen LogP) is 1.79. The summed E-state index contributed by atoms with van der Waals surface area (Å²) in [7, 11) is 0. The fraction of sp³-hybridized carbons (Fsp3) is 1.00. The van der Waals surface area contributed by atoms with Gasteiger partial charge in [0.25, 0.3) is 0 Å². The van der Waals surface area contributed by atoms with E-state index in [2.05, 4.69) is 42.8 Å². The molecule has 3 nitrogen and oxygen atoms in total. The SMILES string of the molecule is CCCN1CCN(C(CC)CNC(C)C)CC1. The van der Waals surface area contributed by atoms with Gasteiger partial charge in [-0.1, -0.05) is 27.7 Å². The third-order valence-electron chi connectivity index (χ3n) is 3.70. The molecule has 0 amide bonds. The molecule has 1 heterocycles. The fourth-order valence-corrected chi connectivity index (χ4v) is 2.57. The maximum Gasteiger partial charge on any atom is 0.0219 e. The van der Waals surface area contributed by atoms with Crippen molar-refractivity contribution in [1.29, 1.82) is 0 Å². The Morgan fingerprint density at radius 3 is 2.18 bits per heavy atom. The lowest BCUT2D eigenvalue weighted by Crippen LogP contribution is -2.53. The molecular weight excluding hydrogens is 210 g/mol. The molecule has 1 unspecified atom stereocenters. The molecule has 0 aromatic heterocycles. The second-order valence-corrected chi connectivity index (χ2v) is 5.50. The van der Waals surface area contributed by atoms with Gasteiger partial charge in [-0.2, -0.15) is 0 Å². The van der Waals surface area contributed by atoms with Crippen LogP contribution in [-0.2, 0) is 0 Å². The second-order valence-electron chi connectivity index (χ2n) is 5.50. The van der Waals surface area contributed by atoms with E-state index in [1.54, 1.807) is 0 Å². The van der Waals surface area contributed by atoms with Crippen LogP contribution in [-0.4, -0.2) is 61.2 Å². The van der Waals surface area contributed by atoms with E-state index in [-0.39, 0.29) is 0 Å². The normalized spacial score (nSPS) is 21.0. The third-order valence-corrected chi connectivity index (χ3v) is 3.70. The van der Waals surface area contributed by atoms with Crippen molar-refractivity contribution in [2.45, 2.75) is 52.6 Å². The molecule has 0 radical (unpaired) electrons. The average molecular weight is 241 g/mol. The van der Waals surface area contributed by atoms with Gasteiger partial charge in [-0.15, -0.1) is 0 Å². The summed E-state index contributed by atoms with van der Waals surface area (Å²) < 4.78 is 0. The minimum atomic E-state index is 0.602. The Morgan fingerprint density at radius 1 is 1.06 bits per heavy atom. The van der Waals surface area contributed by atoms with E-state index in [0.29, 0.717) is 6.04 Å². The first-order valence-electron chi connectivity index (χ1n) is 7.37. The lowest BCUT2D eigenvalue weighted by Gasteiger charge is -2.39. The van der Waals surface area contributed by atoms with Gasteiger partial charge in [-0.3, -0.25) is 4.90 Å². The van der Waals surface area contributed by atoms with Crippen LogP contribution in [0.5, 0.6) is 0 Å². The highest BCUT2D eigenvalue weighted by Gasteiger charge is 2.22. The van der Waals surface area contributed by atoms with Crippen LogP contribution in [0.3, 0.4) is 0 Å². The van der Waals surface area contributed by atoms with Crippen molar-refractivity contribution in [3.63, 3.8) is 0 Å². The first kappa shape index (κ1) is 14.9. The van der Waals surface area contributed by atoms with E-state index < -0.39 is 0 Å². The van der Waals surface area contributed by atoms with Crippen molar-refractivity contribution in [1.82, 2.24) is 15.1 Å². The molecular formula is C14H31N3. The highest BCUT2D eigenvalue weighted by atomic mass is 15.3. The van der Waals surface area contributed by atoms with Crippen molar-refractivity contribution < 1.29 is 0 Å². The van der Waals surface area contributed by atoms with Crippen LogP contribution in [0.4, 0.5) is 0 Å². The molecule has 1 atom stereocenters. The van der Waals surface area contributed by atoms with Gasteiger partial charge < -0.3 is 10.2 Å². The first-order valence-corrected chi connectivity index (χ1v) is 7.37. The average Bonchev–Trinajstić information content (AvgIpc) is 2.32. The third kappa shape index (κ3) is 5.36. The second kappa shape index (κ2) is 8.06. The standard InChI is InChI=1S/C14H31N3/c1-5-7-16-8-10-17(11-9-16)14(6-2)12-15-13(3)4/h13-15H,5-12H2,1-4H3. The quantitative estimate of drug-likeness (QED) is 0.733. The molecule has 1 aliphatic rings. The summed E-state index contributed by atoms with van der Waals surface area (Å²) in [4.78, 5) is 5.26. The zero-order valence-corrected chi connectivity index (χ0v) is 12.2. The molecule has 3 heteroatoms. The lowest BCUT2D eigenvalue weighted by atomic mass is 10.1. The molecule has 17 heavy (non-hydrogen) atoms. The molecule has 0 aromatic carbocycles. The fourth-order valence-electron chi connectivity index (χ4n) is 2.57. The maximum absolute atomic E-state index is 3.57. The van der Waals surface area contributed by atoms with Gasteiger partial charge in [0, 0.05) is 44.8 Å². The summed E-state index contributed by atoms with van der Waals surface area (Å²) in [6.45, 7) is 16.5. The molecule has 0 bridgehead atoms. The summed E-state index contributed by atoms with van der Waals surface area (Å²) >= 11 is 0. The summed E-state index contributed by atoms with van der Waals surface area (Å²) in [5.41, 5.74) is 0. The van der Waals surface area contributed by atoms with Gasteiger partial charge in [0.2, 0.25) is 0 Å². The summed E-state index contributed by atoms with van der Waals surface area (Å²) in [6.07, 6.45) is 2.54. The van der Waals surface area contributed by atoms with E-state index in [4.69, 9.17) is 0 Å². The monoisotopic (exact) mass is 241 g/mol. The van der Waals surface area contributed by atoms with Gasteiger partial charge in [0.15, 0.2) is 0 Å². The Bertz CT molecular complexity index is 186. The van der Waals surface area contributed by atoms with Gasteiger partial charge in [0.05, 0.1) is 0 Å². The zero-order chi connectivity index (χ0) is 12.7. The summed E-state index contributed by atoms with van der Waals surface area (Å²) in [5.74, 6) is 0. The van der Waals surface area contributed by atoms with Crippen molar-refractivity contribution >= 4 is 0 Å². The highest BCUT2D eigenvalue weighted by Crippen LogP contribution is 2.09. The largest absolute Gasteiger partial charge is 0.313 e. The molecule has 102 valence electrons. The number of nitrogens with zero attached hydrogens (tertiary/aromatic N) is 2. The van der Waals surface area contributed by atoms with Gasteiger partial charge in [-0.05, 0) is 19.4 Å². The minimum absolute atomic E-state index is 0.602. The molecule has 1 saturated heterocycles. The Labute approximate surface area is 108 Å². The zero-order valence-electron chi connectivity index (χ0n) is 12.2. The van der Waals surface area contributed by atoms with Crippen molar-refractivity contribution in [2.75, 3.05) is 39.3 Å². The first-order chi connectivity index (χ1) is 8.17. The van der Waals surface area contributed by atoms with E-state index in [1.807, 2.05) is 0 Å². The molecule has 0 aromatic rings. The Kier molecular flexibility index (Phi) is 7.09. The van der Waals surface area contributed by atoms with Crippen LogP contribution in [0.15, 0.2) is 0 Å². The van der Waals surface area contributed by atoms with Crippen LogP contribution in [0.2, 0.25) is 0 Å². The van der Waals surface area contributed by atoms with Crippen LogP contribution in [0, 0.1) is 0 Å². The molecule has 0 spiro atoms. The number of nitrogens with one attached hydrogen (secondary N) is 1. The Balaban J connectivity index is 2.29. The number of rotatable bonds is 7. The molecule has 1 rings (SSSR count). The number of hydrogen-bond donors (Lipinski definition) is 1. The topological polar surface area (TPSA) is 18.5 Å². The van der Waals surface area contributed by atoms with Gasteiger partial charge in [0.1, 0.15) is 0 Å². The smallest absolute Gasteiger partial charge is 0.0219 e.